The lowest BCUT2D eigenvalue weighted by Gasteiger charge is -2.30. The quantitative estimate of drug-likeness (QED) is 0.0819. The zero-order chi connectivity index (χ0) is 42.8. The van der Waals surface area contributed by atoms with E-state index < -0.39 is 71.6 Å². The second kappa shape index (κ2) is 23.1. The van der Waals surface area contributed by atoms with Crippen LogP contribution in [0.2, 0.25) is 0 Å². The maximum absolute atomic E-state index is 14.4. The molecule has 1 fully saturated rings. The Bertz CT molecular complexity index is 1680. The molecule has 0 spiro atoms. The van der Waals surface area contributed by atoms with Crippen molar-refractivity contribution in [3.05, 3.63) is 83.9 Å². The van der Waals surface area contributed by atoms with E-state index in [0.717, 1.165) is 11.1 Å². The van der Waals surface area contributed by atoms with E-state index in [-0.39, 0.29) is 37.8 Å². The van der Waals surface area contributed by atoms with Gasteiger partial charge in [-0.25, -0.2) is 14.4 Å². The maximum Gasteiger partial charge on any atom is 0.408 e. The van der Waals surface area contributed by atoms with E-state index in [9.17, 15) is 33.9 Å². The van der Waals surface area contributed by atoms with Gasteiger partial charge in [0.25, 0.3) is 0 Å². The van der Waals surface area contributed by atoms with Crippen LogP contribution in [0.3, 0.4) is 0 Å². The van der Waals surface area contributed by atoms with Crippen LogP contribution in [0.4, 0.5) is 9.59 Å². The number of carboxylic acid groups (broad SMARTS) is 1. The molecule has 1 aliphatic rings. The summed E-state index contributed by atoms with van der Waals surface area (Å²) in [5.74, 6) is -3.52. The van der Waals surface area contributed by atoms with Gasteiger partial charge < -0.3 is 40.7 Å². The Labute approximate surface area is 342 Å². The smallest absolute Gasteiger partial charge is 0.408 e. The third-order valence-electron chi connectivity index (χ3n) is 9.47. The summed E-state index contributed by atoms with van der Waals surface area (Å²) < 4.78 is 10.7. The van der Waals surface area contributed by atoms with E-state index in [4.69, 9.17) is 9.47 Å². The first-order valence-electron chi connectivity index (χ1n) is 20.2. The van der Waals surface area contributed by atoms with E-state index in [1.54, 1.807) is 45.6 Å². The van der Waals surface area contributed by atoms with Gasteiger partial charge in [0, 0.05) is 13.1 Å². The summed E-state index contributed by atoms with van der Waals surface area (Å²) in [6.07, 6.45) is 4.62. The van der Waals surface area contributed by atoms with Crippen LogP contribution in [0.25, 0.3) is 0 Å². The monoisotopic (exact) mass is 805 g/mol. The summed E-state index contributed by atoms with van der Waals surface area (Å²) in [6.45, 7) is 13.5. The molecular formula is C44H63N5O9. The molecule has 14 nitrogen and oxygen atoms in total. The summed E-state index contributed by atoms with van der Waals surface area (Å²) in [5, 5.41) is 20.7. The van der Waals surface area contributed by atoms with Crippen molar-refractivity contribution in [3.8, 4) is 0 Å². The van der Waals surface area contributed by atoms with Gasteiger partial charge in [-0.1, -0.05) is 101 Å². The molecule has 0 aromatic heterocycles. The molecule has 5 atom stereocenters. The lowest BCUT2D eigenvalue weighted by atomic mass is 9.94. The van der Waals surface area contributed by atoms with Crippen LogP contribution >= 0.6 is 0 Å². The lowest BCUT2D eigenvalue weighted by Crippen LogP contribution is -2.57. The molecule has 5 amide bonds. The number of nitrogens with zero attached hydrogens (tertiary/aromatic N) is 1. The average molecular weight is 806 g/mol. The number of benzene rings is 2. The molecule has 3 unspecified atom stereocenters. The van der Waals surface area contributed by atoms with Crippen LogP contribution in [0.15, 0.2) is 72.8 Å². The SMILES string of the molecule is CC(C)C[C@@H](/C=C/[C@H](Cc1ccccc1)C(=O)N1CCCC1C(=O)NC(C(=O)NC(CCCNC(=O)OCc1ccccc1)C(=O)O)C(C)C)NC(=O)OC(C)(C)C. The molecule has 1 aliphatic heterocycles. The average Bonchev–Trinajstić information content (AvgIpc) is 3.65. The second-order valence-electron chi connectivity index (χ2n) is 16.5. The van der Waals surface area contributed by atoms with Crippen molar-refractivity contribution in [2.24, 2.45) is 17.8 Å². The predicted molar refractivity (Wildman–Crippen MR) is 220 cm³/mol. The van der Waals surface area contributed by atoms with Crippen molar-refractivity contribution < 1.29 is 43.3 Å². The molecule has 0 radical (unpaired) electrons. The number of carboxylic acids is 1. The number of hydrogen-bond donors (Lipinski definition) is 5. The molecule has 1 saturated heterocycles. The highest BCUT2D eigenvalue weighted by molar-refractivity contribution is 5.94. The van der Waals surface area contributed by atoms with Gasteiger partial charge >= 0.3 is 18.2 Å². The van der Waals surface area contributed by atoms with Gasteiger partial charge in [0.05, 0.1) is 12.0 Å². The van der Waals surface area contributed by atoms with Gasteiger partial charge in [-0.2, -0.15) is 0 Å². The fraction of sp³-hybridized carbons (Fsp3) is 0.545. The molecule has 1 heterocycles. The van der Waals surface area contributed by atoms with Gasteiger partial charge in [-0.3, -0.25) is 14.4 Å². The summed E-state index contributed by atoms with van der Waals surface area (Å²) in [5.41, 5.74) is 1.07. The Morgan fingerprint density at radius 2 is 1.50 bits per heavy atom. The van der Waals surface area contributed by atoms with Gasteiger partial charge in [0.1, 0.15) is 30.3 Å². The summed E-state index contributed by atoms with van der Waals surface area (Å²) >= 11 is 0. The third-order valence-corrected chi connectivity index (χ3v) is 9.47. The van der Waals surface area contributed by atoms with Gasteiger partial charge in [0.2, 0.25) is 17.7 Å². The zero-order valence-electron chi connectivity index (χ0n) is 35.0. The standard InChI is InChI=1S/C44H63N5O9/c1-29(2)26-34(46-43(56)58-44(5,6)7)23-22-33(27-31-16-10-8-11-17-31)40(52)49-25-15-21-36(49)38(50)48-37(30(3)4)39(51)47-35(41(53)54)20-14-24-45-42(55)57-28-32-18-12-9-13-19-32/h8-13,16-19,22-23,29-30,33-37H,14-15,20-21,24-28H2,1-7H3,(H,45,55)(H,46,56)(H,47,51)(H,48,50)(H,53,54)/b23-22+/t33-,34-,35?,36?,37?/m1/s1. The molecule has 14 heteroatoms. The number of alkyl carbamates (subject to hydrolysis) is 2. The van der Waals surface area contributed by atoms with Crippen molar-refractivity contribution in [3.63, 3.8) is 0 Å². The molecule has 318 valence electrons. The normalized spacial score (nSPS) is 16.3. The fourth-order valence-electron chi connectivity index (χ4n) is 6.62. The van der Waals surface area contributed by atoms with Crippen molar-refractivity contribution in [1.82, 2.24) is 26.2 Å². The molecule has 3 rings (SSSR count). The third kappa shape index (κ3) is 16.6. The number of ether oxygens (including phenoxy) is 2. The molecule has 2 aromatic carbocycles. The molecule has 2 aromatic rings. The van der Waals surface area contributed by atoms with Gasteiger partial charge in [-0.05, 0) is 82.3 Å². The largest absolute Gasteiger partial charge is 0.480 e. The Morgan fingerprint density at radius 1 is 0.862 bits per heavy atom. The first-order valence-corrected chi connectivity index (χ1v) is 20.2. The molecule has 0 bridgehead atoms. The number of carbonyl (C=O) groups is 6. The minimum Gasteiger partial charge on any atom is -0.480 e. The van der Waals surface area contributed by atoms with Crippen molar-refractivity contribution in [2.45, 2.75) is 123 Å². The van der Waals surface area contributed by atoms with Crippen LogP contribution < -0.4 is 21.3 Å². The van der Waals surface area contributed by atoms with Crippen LogP contribution in [0, 0.1) is 17.8 Å². The highest BCUT2D eigenvalue weighted by Gasteiger charge is 2.39. The molecule has 0 aliphatic carbocycles. The number of likely N-dealkylation sites (tertiary alicyclic amines) is 1. The van der Waals surface area contributed by atoms with Crippen molar-refractivity contribution in [1.29, 1.82) is 0 Å². The Balaban J connectivity index is 1.67. The maximum atomic E-state index is 14.4. The van der Waals surface area contributed by atoms with E-state index in [1.807, 2.05) is 80.6 Å². The summed E-state index contributed by atoms with van der Waals surface area (Å²) in [4.78, 5) is 80.2. The minimum atomic E-state index is -1.27. The number of amides is 5. The molecule has 0 saturated carbocycles. The molecular weight excluding hydrogens is 743 g/mol. The highest BCUT2D eigenvalue weighted by atomic mass is 16.6. The number of aliphatic carboxylic acids is 1. The minimum absolute atomic E-state index is 0.0192. The van der Waals surface area contributed by atoms with Gasteiger partial charge in [0.15, 0.2) is 0 Å². The summed E-state index contributed by atoms with van der Waals surface area (Å²) in [6, 6.07) is 15.1. The van der Waals surface area contributed by atoms with Crippen LogP contribution in [-0.4, -0.2) is 88.7 Å². The van der Waals surface area contributed by atoms with E-state index >= 15 is 0 Å². The van der Waals surface area contributed by atoms with E-state index in [0.29, 0.717) is 32.2 Å². The second-order valence-corrected chi connectivity index (χ2v) is 16.5. The first kappa shape index (κ1) is 47.0. The van der Waals surface area contributed by atoms with Gasteiger partial charge in [-0.15, -0.1) is 0 Å². The van der Waals surface area contributed by atoms with Crippen LogP contribution in [0.1, 0.15) is 91.7 Å². The summed E-state index contributed by atoms with van der Waals surface area (Å²) in [7, 11) is 0. The number of hydrogen-bond acceptors (Lipinski definition) is 8. The lowest BCUT2D eigenvalue weighted by molar-refractivity contribution is -0.143. The number of nitrogens with one attached hydrogen (secondary N) is 4. The Morgan fingerprint density at radius 3 is 2.09 bits per heavy atom. The number of carbonyl (C=O) groups excluding carboxylic acids is 5. The zero-order valence-corrected chi connectivity index (χ0v) is 35.0. The first-order chi connectivity index (χ1) is 27.4. The predicted octanol–water partition coefficient (Wildman–Crippen LogP) is 5.75. The Hall–Kier alpha value is -5.40. The van der Waals surface area contributed by atoms with Crippen LogP contribution in [-0.2, 0) is 41.7 Å². The molecule has 58 heavy (non-hydrogen) atoms. The molecule has 5 N–H and O–H groups in total. The van der Waals surface area contributed by atoms with Crippen molar-refractivity contribution in [2.75, 3.05) is 13.1 Å². The number of rotatable bonds is 20. The topological polar surface area (TPSA) is 192 Å². The van der Waals surface area contributed by atoms with Crippen molar-refractivity contribution >= 4 is 35.9 Å². The van der Waals surface area contributed by atoms with E-state index in [1.165, 1.54) is 0 Å². The van der Waals surface area contributed by atoms with Crippen LogP contribution in [0.5, 0.6) is 0 Å². The Kier molecular flexibility index (Phi) is 18.7. The van der Waals surface area contributed by atoms with E-state index in [2.05, 4.69) is 21.3 Å². The highest BCUT2D eigenvalue weighted by Crippen LogP contribution is 2.24. The fourth-order valence-corrected chi connectivity index (χ4v) is 6.62.